The molecule has 0 radical (unpaired) electrons. The molecule has 10 heteroatoms. The summed E-state index contributed by atoms with van der Waals surface area (Å²) < 4.78 is 56.2. The maximum Gasteiger partial charge on any atom is 0.573 e. The molecule has 5 rings (SSSR count). The summed E-state index contributed by atoms with van der Waals surface area (Å²) >= 11 is 0. The van der Waals surface area contributed by atoms with Gasteiger partial charge in [-0.3, -0.25) is 4.79 Å². The van der Waals surface area contributed by atoms with Gasteiger partial charge in [0.05, 0.1) is 12.3 Å². The monoisotopic (exact) mass is 500 g/mol. The second kappa shape index (κ2) is 9.45. The largest absolute Gasteiger partial charge is 0.573 e. The maximum atomic E-state index is 15.2. The average Bonchev–Trinajstić information content (AvgIpc) is 3.08. The van der Waals surface area contributed by atoms with Crippen LogP contribution in [0.1, 0.15) is 58.8 Å². The summed E-state index contributed by atoms with van der Waals surface area (Å²) in [5.74, 6) is -1.16. The third kappa shape index (κ3) is 4.74. The summed E-state index contributed by atoms with van der Waals surface area (Å²) in [6, 6.07) is 7.20. The van der Waals surface area contributed by atoms with Crippen LogP contribution in [-0.2, 0) is 12.8 Å². The first-order chi connectivity index (χ1) is 17.2. The topological polar surface area (TPSA) is 82.0 Å². The van der Waals surface area contributed by atoms with Crippen LogP contribution < -0.4 is 4.74 Å². The van der Waals surface area contributed by atoms with Crippen LogP contribution in [0.25, 0.3) is 11.0 Å². The molecule has 1 amide bonds. The second-order valence-electron chi connectivity index (χ2n) is 9.37. The van der Waals surface area contributed by atoms with E-state index in [1.54, 1.807) is 4.90 Å². The Kier molecular flexibility index (Phi) is 6.33. The first kappa shape index (κ1) is 24.1. The highest BCUT2D eigenvalue weighted by molar-refractivity contribution is 5.94. The number of carbonyl (C=O) groups is 1. The molecule has 0 bridgehead atoms. The maximum absolute atomic E-state index is 15.2. The molecule has 3 heterocycles. The Labute approximate surface area is 204 Å². The number of fused-ring (bicyclic) bond motifs is 3. The number of carbonyl (C=O) groups excluding carboxylic acids is 1. The fourth-order valence-electron chi connectivity index (χ4n) is 5.42. The lowest BCUT2D eigenvalue weighted by Gasteiger charge is -2.33. The van der Waals surface area contributed by atoms with E-state index in [-0.39, 0.29) is 34.9 Å². The number of likely N-dealkylation sites (tertiary alicyclic amines) is 1. The van der Waals surface area contributed by atoms with Crippen molar-refractivity contribution in [3.8, 4) is 11.8 Å². The van der Waals surface area contributed by atoms with Gasteiger partial charge in [0.25, 0.3) is 5.91 Å². The number of piperidine rings is 1. The molecule has 36 heavy (non-hydrogen) atoms. The van der Waals surface area contributed by atoms with Crippen LogP contribution in [0, 0.1) is 23.1 Å². The molecule has 188 valence electrons. The number of hydrogen-bond donors (Lipinski definition) is 1. The number of amides is 1. The van der Waals surface area contributed by atoms with E-state index in [1.165, 1.54) is 18.3 Å². The number of hydrogen-bond acceptors (Lipinski definition) is 4. The Bertz CT molecular complexity index is 1320. The van der Waals surface area contributed by atoms with Crippen molar-refractivity contribution in [1.29, 1.82) is 5.26 Å². The predicted molar refractivity (Wildman–Crippen MR) is 123 cm³/mol. The molecule has 1 aromatic carbocycles. The van der Waals surface area contributed by atoms with Gasteiger partial charge in [-0.2, -0.15) is 5.26 Å². The SMILES string of the molecule is N#CC1CCc2[nH]c3ncc(F)c(C4CCN(C(=O)c5ccc(OC(F)(F)F)cc5)CC4)c3c2CC1. The number of halogens is 4. The normalized spacial score (nSPS) is 19.0. The average molecular weight is 500 g/mol. The highest BCUT2D eigenvalue weighted by atomic mass is 19.4. The lowest BCUT2D eigenvalue weighted by atomic mass is 9.86. The molecule has 1 fully saturated rings. The molecular formula is C26H24F4N4O2. The van der Waals surface area contributed by atoms with E-state index >= 15 is 4.39 Å². The smallest absolute Gasteiger partial charge is 0.406 e. The van der Waals surface area contributed by atoms with Crippen molar-refractivity contribution in [2.45, 2.75) is 50.8 Å². The quantitative estimate of drug-likeness (QED) is 0.373. The number of pyridine rings is 1. The van der Waals surface area contributed by atoms with E-state index < -0.39 is 6.36 Å². The summed E-state index contributed by atoms with van der Waals surface area (Å²) in [7, 11) is 0. The number of aromatic amines is 1. The van der Waals surface area contributed by atoms with Crippen molar-refractivity contribution in [2.24, 2.45) is 5.92 Å². The van der Waals surface area contributed by atoms with Gasteiger partial charge in [-0.1, -0.05) is 0 Å². The molecule has 2 aromatic heterocycles. The standard InChI is InChI=1S/C26H24F4N4O2/c27-20-14-32-24-23(19-7-1-15(13-31)2-8-21(19)33-24)22(20)16-9-11-34(12-10-16)25(35)17-3-5-18(6-4-17)36-26(28,29)30/h3-6,14-16H,1-2,7-12H2,(H,32,33). The van der Waals surface area contributed by atoms with Crippen LogP contribution in [-0.4, -0.2) is 40.2 Å². The fourth-order valence-corrected chi connectivity index (χ4v) is 5.42. The van der Waals surface area contributed by atoms with Crippen LogP contribution in [0.5, 0.6) is 5.75 Å². The molecule has 1 saturated heterocycles. The number of nitrogens with zero attached hydrogens (tertiary/aromatic N) is 3. The van der Waals surface area contributed by atoms with Gasteiger partial charge in [-0.05, 0) is 74.3 Å². The van der Waals surface area contributed by atoms with E-state index in [4.69, 9.17) is 0 Å². The molecule has 1 atom stereocenters. The Hall–Kier alpha value is -3.61. The van der Waals surface area contributed by atoms with Gasteiger partial charge in [0.2, 0.25) is 0 Å². The molecule has 0 saturated carbocycles. The van der Waals surface area contributed by atoms with E-state index in [9.17, 15) is 23.2 Å². The van der Waals surface area contributed by atoms with Crippen LogP contribution in [0.3, 0.4) is 0 Å². The number of aryl methyl sites for hydroxylation is 2. The van der Waals surface area contributed by atoms with E-state index in [2.05, 4.69) is 20.8 Å². The van der Waals surface area contributed by atoms with E-state index in [1.807, 2.05) is 0 Å². The van der Waals surface area contributed by atoms with Crippen LogP contribution in [0.4, 0.5) is 17.6 Å². The number of nitriles is 1. The molecule has 6 nitrogen and oxygen atoms in total. The highest BCUT2D eigenvalue weighted by Gasteiger charge is 2.32. The molecular weight excluding hydrogens is 476 g/mol. The van der Waals surface area contributed by atoms with E-state index in [0.717, 1.165) is 48.0 Å². The third-order valence-electron chi connectivity index (χ3n) is 7.20. The summed E-state index contributed by atoms with van der Waals surface area (Å²) in [6.07, 6.45) is 0.464. The summed E-state index contributed by atoms with van der Waals surface area (Å²) in [6.45, 7) is 0.799. The fraction of sp³-hybridized carbons (Fsp3) is 0.423. The first-order valence-corrected chi connectivity index (χ1v) is 12.0. The van der Waals surface area contributed by atoms with Crippen molar-refractivity contribution < 1.29 is 27.1 Å². The minimum atomic E-state index is -4.80. The van der Waals surface area contributed by atoms with Gasteiger partial charge >= 0.3 is 6.36 Å². The third-order valence-corrected chi connectivity index (χ3v) is 7.20. The number of nitrogens with one attached hydrogen (secondary N) is 1. The number of rotatable bonds is 3. The van der Waals surface area contributed by atoms with Gasteiger partial charge in [-0.15, -0.1) is 13.2 Å². The Balaban J connectivity index is 1.33. The molecule has 0 spiro atoms. The number of ether oxygens (including phenoxy) is 1. The highest BCUT2D eigenvalue weighted by Crippen LogP contribution is 2.39. The Morgan fingerprint density at radius 3 is 2.47 bits per heavy atom. The van der Waals surface area contributed by atoms with Crippen LogP contribution >= 0.6 is 0 Å². The van der Waals surface area contributed by atoms with Crippen molar-refractivity contribution in [2.75, 3.05) is 13.1 Å². The molecule has 1 aliphatic heterocycles. The number of benzene rings is 1. The zero-order chi connectivity index (χ0) is 25.4. The first-order valence-electron chi connectivity index (χ1n) is 12.0. The zero-order valence-electron chi connectivity index (χ0n) is 19.4. The molecule has 1 unspecified atom stereocenters. The van der Waals surface area contributed by atoms with Crippen LogP contribution in [0.15, 0.2) is 30.5 Å². The van der Waals surface area contributed by atoms with Crippen molar-refractivity contribution >= 4 is 16.9 Å². The van der Waals surface area contributed by atoms with Gasteiger partial charge < -0.3 is 14.6 Å². The van der Waals surface area contributed by atoms with Gasteiger partial charge in [0, 0.05) is 41.2 Å². The lowest BCUT2D eigenvalue weighted by Crippen LogP contribution is -2.38. The number of H-pyrrole nitrogens is 1. The van der Waals surface area contributed by atoms with Crippen LogP contribution in [0.2, 0.25) is 0 Å². The molecule has 1 N–H and O–H groups in total. The number of aromatic nitrogens is 2. The van der Waals surface area contributed by atoms with Gasteiger partial charge in [0.15, 0.2) is 0 Å². The number of alkyl halides is 3. The predicted octanol–water partition coefficient (Wildman–Crippen LogP) is 5.64. The Morgan fingerprint density at radius 2 is 1.81 bits per heavy atom. The Morgan fingerprint density at radius 1 is 1.11 bits per heavy atom. The lowest BCUT2D eigenvalue weighted by molar-refractivity contribution is -0.274. The summed E-state index contributed by atoms with van der Waals surface area (Å²) in [4.78, 5) is 22.2. The second-order valence-corrected chi connectivity index (χ2v) is 9.37. The van der Waals surface area contributed by atoms with E-state index in [0.29, 0.717) is 43.6 Å². The van der Waals surface area contributed by atoms with Crippen molar-refractivity contribution in [3.05, 3.63) is 58.7 Å². The molecule has 2 aliphatic rings. The van der Waals surface area contributed by atoms with Crippen molar-refractivity contribution in [1.82, 2.24) is 14.9 Å². The minimum Gasteiger partial charge on any atom is -0.406 e. The van der Waals surface area contributed by atoms with Gasteiger partial charge in [0.1, 0.15) is 17.2 Å². The van der Waals surface area contributed by atoms with Gasteiger partial charge in [-0.25, -0.2) is 9.37 Å². The molecule has 3 aromatic rings. The summed E-state index contributed by atoms with van der Waals surface area (Å²) in [5, 5.41) is 10.2. The van der Waals surface area contributed by atoms with Crippen molar-refractivity contribution in [3.63, 3.8) is 0 Å². The molecule has 1 aliphatic carbocycles. The zero-order valence-corrected chi connectivity index (χ0v) is 19.4. The summed E-state index contributed by atoms with van der Waals surface area (Å²) in [5.41, 5.74) is 3.61. The minimum absolute atomic E-state index is 0.0193.